The summed E-state index contributed by atoms with van der Waals surface area (Å²) in [5.41, 5.74) is 3.30. The lowest BCUT2D eigenvalue weighted by Crippen LogP contribution is -1.76. The molecule has 0 unspecified atom stereocenters. The van der Waals surface area contributed by atoms with Crippen LogP contribution in [0.1, 0.15) is 5.56 Å². The lowest BCUT2D eigenvalue weighted by atomic mass is 10.2. The summed E-state index contributed by atoms with van der Waals surface area (Å²) in [7, 11) is 0. The molecular weight excluding hydrogens is 250 g/mol. The minimum Gasteiger partial charge on any atom is -0.234 e. The van der Waals surface area contributed by atoms with Gasteiger partial charge >= 0.3 is 0 Å². The third kappa shape index (κ3) is 1.94. The first-order chi connectivity index (χ1) is 8.24. The van der Waals surface area contributed by atoms with Crippen molar-refractivity contribution in [1.29, 1.82) is 0 Å². The predicted molar refractivity (Wildman–Crippen MR) is 74.8 cm³/mol. The van der Waals surface area contributed by atoms with E-state index in [1.54, 1.807) is 11.3 Å². The van der Waals surface area contributed by atoms with Gasteiger partial charge in [0.15, 0.2) is 0 Å². The zero-order valence-electron chi connectivity index (χ0n) is 9.27. The monoisotopic (exact) mass is 259 g/mol. The summed E-state index contributed by atoms with van der Waals surface area (Å²) in [5, 5.41) is 1.74. The first-order valence-electron chi connectivity index (χ1n) is 5.36. The Hall–Kier alpha value is -1.38. The Labute approximate surface area is 109 Å². The van der Waals surface area contributed by atoms with Gasteiger partial charge in [0.1, 0.15) is 10.5 Å². The fourth-order valence-corrected chi connectivity index (χ4v) is 3.01. The second-order valence-electron chi connectivity index (χ2n) is 3.97. The first kappa shape index (κ1) is 10.8. The lowest BCUT2D eigenvalue weighted by molar-refractivity contribution is 1.44. The van der Waals surface area contributed by atoms with Crippen LogP contribution in [0.25, 0.3) is 20.8 Å². The van der Waals surface area contributed by atoms with Crippen molar-refractivity contribution in [2.45, 2.75) is 6.92 Å². The molecule has 3 heteroatoms. The summed E-state index contributed by atoms with van der Waals surface area (Å²) in [6, 6.07) is 14.3. The molecule has 3 aromatic rings. The van der Waals surface area contributed by atoms with Gasteiger partial charge in [-0.2, -0.15) is 0 Å². The van der Waals surface area contributed by atoms with Gasteiger partial charge in [-0.05, 0) is 19.1 Å². The van der Waals surface area contributed by atoms with Crippen LogP contribution in [0.5, 0.6) is 0 Å². The SMILES string of the molecule is Cc1ccc(-c2nc3c(Cl)cccc3s2)cc1. The highest BCUT2D eigenvalue weighted by atomic mass is 35.5. The van der Waals surface area contributed by atoms with Crippen LogP contribution in [0, 0.1) is 6.92 Å². The molecule has 0 N–H and O–H groups in total. The van der Waals surface area contributed by atoms with Crippen LogP contribution >= 0.6 is 22.9 Å². The Morgan fingerprint density at radius 1 is 1.06 bits per heavy atom. The van der Waals surface area contributed by atoms with E-state index in [2.05, 4.69) is 42.2 Å². The van der Waals surface area contributed by atoms with Crippen molar-refractivity contribution in [3.05, 3.63) is 53.1 Å². The van der Waals surface area contributed by atoms with Crippen molar-refractivity contribution >= 4 is 33.2 Å². The quantitative estimate of drug-likeness (QED) is 0.604. The van der Waals surface area contributed by atoms with Crippen molar-refractivity contribution in [3.8, 4) is 10.6 Å². The van der Waals surface area contributed by atoms with Gasteiger partial charge in [0, 0.05) is 5.56 Å². The maximum absolute atomic E-state index is 6.13. The van der Waals surface area contributed by atoms with Crippen LogP contribution in [0.4, 0.5) is 0 Å². The molecule has 17 heavy (non-hydrogen) atoms. The van der Waals surface area contributed by atoms with Crippen LogP contribution < -0.4 is 0 Å². The topological polar surface area (TPSA) is 12.9 Å². The van der Waals surface area contributed by atoms with Gasteiger partial charge in [-0.3, -0.25) is 0 Å². The molecule has 0 saturated carbocycles. The van der Waals surface area contributed by atoms with E-state index >= 15 is 0 Å². The molecule has 1 aromatic heterocycles. The van der Waals surface area contributed by atoms with Crippen LogP contribution in [-0.2, 0) is 0 Å². The molecule has 3 rings (SSSR count). The fourth-order valence-electron chi connectivity index (χ4n) is 1.73. The van der Waals surface area contributed by atoms with E-state index in [0.29, 0.717) is 0 Å². The number of para-hydroxylation sites is 1. The van der Waals surface area contributed by atoms with E-state index in [0.717, 1.165) is 25.8 Å². The Kier molecular flexibility index (Phi) is 2.61. The fraction of sp³-hybridized carbons (Fsp3) is 0.0714. The van der Waals surface area contributed by atoms with Crippen LogP contribution in [0.3, 0.4) is 0 Å². The van der Waals surface area contributed by atoms with Crippen LogP contribution in [0.2, 0.25) is 5.02 Å². The van der Waals surface area contributed by atoms with Gasteiger partial charge in [-0.25, -0.2) is 4.98 Å². The van der Waals surface area contributed by atoms with E-state index in [1.165, 1.54) is 5.56 Å². The Bertz CT molecular complexity index is 670. The summed E-state index contributed by atoms with van der Waals surface area (Å²) >= 11 is 7.80. The van der Waals surface area contributed by atoms with Gasteiger partial charge in [-0.1, -0.05) is 47.5 Å². The summed E-state index contributed by atoms with van der Waals surface area (Å²) in [5.74, 6) is 0. The maximum Gasteiger partial charge on any atom is 0.124 e. The molecule has 84 valence electrons. The standard InChI is InChI=1S/C14H10ClNS/c1-9-5-7-10(8-6-9)14-16-13-11(15)3-2-4-12(13)17-14/h2-8H,1H3. The number of aryl methyl sites for hydroxylation is 1. The summed E-state index contributed by atoms with van der Waals surface area (Å²) in [4.78, 5) is 4.60. The van der Waals surface area contributed by atoms with Gasteiger partial charge in [0.25, 0.3) is 0 Å². The highest BCUT2D eigenvalue weighted by molar-refractivity contribution is 7.21. The minimum atomic E-state index is 0.720. The molecule has 0 bridgehead atoms. The number of nitrogens with zero attached hydrogens (tertiary/aromatic N) is 1. The molecule has 0 aliphatic heterocycles. The van der Waals surface area contributed by atoms with E-state index in [4.69, 9.17) is 11.6 Å². The Balaban J connectivity index is 2.18. The molecule has 0 aliphatic rings. The zero-order chi connectivity index (χ0) is 11.8. The van der Waals surface area contributed by atoms with Crippen molar-refractivity contribution in [2.24, 2.45) is 0 Å². The normalized spacial score (nSPS) is 10.9. The molecule has 0 aliphatic carbocycles. The van der Waals surface area contributed by atoms with Gasteiger partial charge in [0.05, 0.1) is 9.72 Å². The molecule has 0 saturated heterocycles. The molecule has 1 heterocycles. The molecule has 0 atom stereocenters. The molecule has 2 aromatic carbocycles. The maximum atomic E-state index is 6.13. The van der Waals surface area contributed by atoms with Crippen LogP contribution in [-0.4, -0.2) is 4.98 Å². The number of hydrogen-bond acceptors (Lipinski definition) is 2. The first-order valence-corrected chi connectivity index (χ1v) is 6.55. The predicted octanol–water partition coefficient (Wildman–Crippen LogP) is 4.93. The van der Waals surface area contributed by atoms with Crippen molar-refractivity contribution in [2.75, 3.05) is 0 Å². The van der Waals surface area contributed by atoms with Crippen molar-refractivity contribution in [1.82, 2.24) is 4.98 Å². The highest BCUT2D eigenvalue weighted by Crippen LogP contribution is 2.33. The number of thiazole rings is 1. The van der Waals surface area contributed by atoms with Gasteiger partial charge < -0.3 is 0 Å². The number of aromatic nitrogens is 1. The van der Waals surface area contributed by atoms with E-state index in [1.807, 2.05) is 12.1 Å². The van der Waals surface area contributed by atoms with Gasteiger partial charge in [0.2, 0.25) is 0 Å². The smallest absolute Gasteiger partial charge is 0.124 e. The van der Waals surface area contributed by atoms with Gasteiger partial charge in [-0.15, -0.1) is 11.3 Å². The number of halogens is 1. The lowest BCUT2D eigenvalue weighted by Gasteiger charge is -1.95. The number of benzene rings is 2. The van der Waals surface area contributed by atoms with Crippen LogP contribution in [0.15, 0.2) is 42.5 Å². The Morgan fingerprint density at radius 2 is 1.82 bits per heavy atom. The second kappa shape index (κ2) is 4.13. The zero-order valence-corrected chi connectivity index (χ0v) is 10.8. The van der Waals surface area contributed by atoms with E-state index < -0.39 is 0 Å². The number of rotatable bonds is 1. The molecule has 1 nitrogen and oxygen atoms in total. The summed E-state index contributed by atoms with van der Waals surface area (Å²) in [6.07, 6.45) is 0. The summed E-state index contributed by atoms with van der Waals surface area (Å²) < 4.78 is 1.13. The third-order valence-corrected chi connectivity index (χ3v) is 4.04. The van der Waals surface area contributed by atoms with E-state index in [-0.39, 0.29) is 0 Å². The Morgan fingerprint density at radius 3 is 2.53 bits per heavy atom. The van der Waals surface area contributed by atoms with Crippen molar-refractivity contribution < 1.29 is 0 Å². The third-order valence-electron chi connectivity index (χ3n) is 2.67. The van der Waals surface area contributed by atoms with Crippen molar-refractivity contribution in [3.63, 3.8) is 0 Å². The largest absolute Gasteiger partial charge is 0.234 e. The second-order valence-corrected chi connectivity index (χ2v) is 5.41. The average molecular weight is 260 g/mol. The number of fused-ring (bicyclic) bond motifs is 1. The molecular formula is C14H10ClNS. The number of hydrogen-bond donors (Lipinski definition) is 0. The molecule has 0 spiro atoms. The molecule has 0 radical (unpaired) electrons. The molecule has 0 fully saturated rings. The molecule has 0 amide bonds. The summed E-state index contributed by atoms with van der Waals surface area (Å²) in [6.45, 7) is 2.08. The minimum absolute atomic E-state index is 0.720. The average Bonchev–Trinajstić information content (AvgIpc) is 2.75. The highest BCUT2D eigenvalue weighted by Gasteiger charge is 2.08. The van der Waals surface area contributed by atoms with E-state index in [9.17, 15) is 0 Å².